The van der Waals surface area contributed by atoms with Gasteiger partial charge in [-0.2, -0.15) is 0 Å². The molecule has 0 saturated carbocycles. The van der Waals surface area contributed by atoms with Crippen molar-refractivity contribution in [3.05, 3.63) is 77.6 Å². The van der Waals surface area contributed by atoms with Crippen LogP contribution in [0.3, 0.4) is 0 Å². The van der Waals surface area contributed by atoms with Gasteiger partial charge in [-0.1, -0.05) is 43.6 Å². The maximum Gasteiger partial charge on any atom is 0.180 e. The third kappa shape index (κ3) is 4.12. The highest BCUT2D eigenvalue weighted by Crippen LogP contribution is 2.35. The van der Waals surface area contributed by atoms with E-state index in [0.717, 1.165) is 17.0 Å². The van der Waals surface area contributed by atoms with Gasteiger partial charge in [0.15, 0.2) is 15.5 Å². The van der Waals surface area contributed by atoms with Crippen molar-refractivity contribution in [1.82, 2.24) is 9.38 Å². The van der Waals surface area contributed by atoms with Crippen molar-refractivity contribution in [1.29, 1.82) is 0 Å². The summed E-state index contributed by atoms with van der Waals surface area (Å²) in [5.41, 5.74) is 3.55. The number of pyridine rings is 1. The SMILES string of the molecule is CC(C)c1nc2c(Cl)cccn2c1-c1cccc(Oc2cccc(S(=O)(=O)C(C)C)c2)c1. The number of ether oxygens (including phenoxy) is 1. The lowest BCUT2D eigenvalue weighted by Gasteiger charge is -2.12. The van der Waals surface area contributed by atoms with Crippen LogP contribution in [-0.4, -0.2) is 23.1 Å². The Balaban J connectivity index is 1.75. The minimum absolute atomic E-state index is 0.198. The van der Waals surface area contributed by atoms with E-state index in [1.54, 1.807) is 38.1 Å². The van der Waals surface area contributed by atoms with Gasteiger partial charge in [0.1, 0.15) is 11.5 Å². The molecule has 4 aromatic rings. The molecule has 0 aliphatic rings. The van der Waals surface area contributed by atoms with Crippen LogP contribution in [-0.2, 0) is 9.84 Å². The van der Waals surface area contributed by atoms with Crippen LogP contribution in [0.5, 0.6) is 11.5 Å². The van der Waals surface area contributed by atoms with Crippen LogP contribution in [0.2, 0.25) is 5.02 Å². The van der Waals surface area contributed by atoms with Crippen molar-refractivity contribution in [3.8, 4) is 22.8 Å². The van der Waals surface area contributed by atoms with Crippen molar-refractivity contribution >= 4 is 27.1 Å². The number of rotatable bonds is 6. The summed E-state index contributed by atoms with van der Waals surface area (Å²) in [6, 6.07) is 18.0. The van der Waals surface area contributed by atoms with Crippen molar-refractivity contribution in [2.24, 2.45) is 0 Å². The summed E-state index contributed by atoms with van der Waals surface area (Å²) in [6.07, 6.45) is 1.95. The van der Waals surface area contributed by atoms with Gasteiger partial charge in [0, 0.05) is 11.8 Å². The molecule has 0 bridgehead atoms. The molecule has 0 atom stereocenters. The van der Waals surface area contributed by atoms with Gasteiger partial charge in [-0.05, 0) is 62.2 Å². The van der Waals surface area contributed by atoms with E-state index in [9.17, 15) is 8.42 Å². The molecule has 2 aromatic heterocycles. The van der Waals surface area contributed by atoms with Gasteiger partial charge in [0.25, 0.3) is 0 Å². The Hall–Kier alpha value is -2.83. The number of fused-ring (bicyclic) bond motifs is 1. The molecule has 0 radical (unpaired) electrons. The summed E-state index contributed by atoms with van der Waals surface area (Å²) < 4.78 is 33.1. The van der Waals surface area contributed by atoms with E-state index in [1.807, 2.05) is 47.0 Å². The smallest absolute Gasteiger partial charge is 0.180 e. The van der Waals surface area contributed by atoms with E-state index < -0.39 is 15.1 Å². The monoisotopic (exact) mass is 468 g/mol. The van der Waals surface area contributed by atoms with Crippen molar-refractivity contribution in [2.75, 3.05) is 0 Å². The van der Waals surface area contributed by atoms with Crippen LogP contribution in [0.15, 0.2) is 71.8 Å². The average Bonchev–Trinajstić information content (AvgIpc) is 3.15. The van der Waals surface area contributed by atoms with Crippen LogP contribution in [0, 0.1) is 0 Å². The Morgan fingerprint density at radius 1 is 0.938 bits per heavy atom. The van der Waals surface area contributed by atoms with Gasteiger partial charge in [0.2, 0.25) is 0 Å². The first-order chi connectivity index (χ1) is 15.2. The number of nitrogens with zero attached hydrogens (tertiary/aromatic N) is 2. The highest BCUT2D eigenvalue weighted by molar-refractivity contribution is 7.92. The molecule has 32 heavy (non-hydrogen) atoms. The molecule has 0 saturated heterocycles. The van der Waals surface area contributed by atoms with E-state index in [0.29, 0.717) is 22.2 Å². The lowest BCUT2D eigenvalue weighted by molar-refractivity contribution is 0.481. The Kier molecular flexibility index (Phi) is 6.01. The second kappa shape index (κ2) is 8.60. The maximum atomic E-state index is 12.5. The highest BCUT2D eigenvalue weighted by atomic mass is 35.5. The summed E-state index contributed by atoms with van der Waals surface area (Å²) >= 11 is 6.39. The zero-order valence-corrected chi connectivity index (χ0v) is 20.0. The molecule has 0 unspecified atom stereocenters. The standard InChI is InChI=1S/C25H25ClN2O3S/c1-16(2)23-24(28-13-7-12-22(26)25(28)27-23)18-8-5-9-19(14-18)31-20-10-6-11-21(15-20)32(29,30)17(3)4/h5-17H,1-4H3. The lowest BCUT2D eigenvalue weighted by atomic mass is 10.0. The largest absolute Gasteiger partial charge is 0.457 e. The van der Waals surface area contributed by atoms with Gasteiger partial charge in [-0.25, -0.2) is 13.4 Å². The fourth-order valence-corrected chi connectivity index (χ4v) is 4.87. The van der Waals surface area contributed by atoms with E-state index in [4.69, 9.17) is 21.3 Å². The first kappa shape index (κ1) is 22.4. The molecule has 0 amide bonds. The number of benzene rings is 2. The van der Waals surface area contributed by atoms with Crippen LogP contribution >= 0.6 is 11.6 Å². The van der Waals surface area contributed by atoms with Gasteiger partial charge >= 0.3 is 0 Å². The average molecular weight is 469 g/mol. The molecule has 0 fully saturated rings. The predicted octanol–water partition coefficient (Wildman–Crippen LogP) is 6.75. The van der Waals surface area contributed by atoms with Gasteiger partial charge in [0.05, 0.1) is 26.6 Å². The van der Waals surface area contributed by atoms with E-state index in [2.05, 4.69) is 13.8 Å². The van der Waals surface area contributed by atoms with Crippen molar-refractivity contribution in [3.63, 3.8) is 0 Å². The topological polar surface area (TPSA) is 60.7 Å². The summed E-state index contributed by atoms with van der Waals surface area (Å²) in [6.45, 7) is 7.53. The Morgan fingerprint density at radius 2 is 1.62 bits per heavy atom. The molecule has 0 N–H and O–H groups in total. The lowest BCUT2D eigenvalue weighted by Crippen LogP contribution is -2.13. The summed E-state index contributed by atoms with van der Waals surface area (Å²) in [5, 5.41) is 0.0914. The van der Waals surface area contributed by atoms with E-state index >= 15 is 0 Å². The fraction of sp³-hybridized carbons (Fsp3) is 0.240. The molecule has 0 aliphatic carbocycles. The van der Waals surface area contributed by atoms with Crippen LogP contribution in [0.25, 0.3) is 16.9 Å². The second-order valence-electron chi connectivity index (χ2n) is 8.25. The van der Waals surface area contributed by atoms with Crippen LogP contribution < -0.4 is 4.74 Å². The van der Waals surface area contributed by atoms with Crippen LogP contribution in [0.4, 0.5) is 0 Å². The van der Waals surface area contributed by atoms with Gasteiger partial charge < -0.3 is 4.74 Å². The first-order valence-corrected chi connectivity index (χ1v) is 12.4. The molecule has 5 nitrogen and oxygen atoms in total. The number of sulfone groups is 1. The summed E-state index contributed by atoms with van der Waals surface area (Å²) in [4.78, 5) is 5.03. The first-order valence-electron chi connectivity index (χ1n) is 10.5. The Morgan fingerprint density at radius 3 is 2.31 bits per heavy atom. The van der Waals surface area contributed by atoms with E-state index in [1.165, 1.54) is 0 Å². The molecule has 2 aromatic carbocycles. The molecular formula is C25H25ClN2O3S. The van der Waals surface area contributed by atoms with Crippen molar-refractivity contribution < 1.29 is 13.2 Å². The number of imidazole rings is 1. The number of hydrogen-bond donors (Lipinski definition) is 0. The van der Waals surface area contributed by atoms with Gasteiger partial charge in [-0.15, -0.1) is 0 Å². The number of aromatic nitrogens is 2. The molecule has 0 aliphatic heterocycles. The number of hydrogen-bond acceptors (Lipinski definition) is 4. The minimum Gasteiger partial charge on any atom is -0.457 e. The zero-order valence-electron chi connectivity index (χ0n) is 18.4. The molecule has 7 heteroatoms. The molecule has 4 rings (SSSR count). The molecule has 0 spiro atoms. The normalized spacial score (nSPS) is 12.1. The summed E-state index contributed by atoms with van der Waals surface area (Å²) in [5.74, 6) is 1.27. The quantitative estimate of drug-likeness (QED) is 0.314. The summed E-state index contributed by atoms with van der Waals surface area (Å²) in [7, 11) is -3.38. The second-order valence-corrected chi connectivity index (χ2v) is 11.2. The highest BCUT2D eigenvalue weighted by Gasteiger charge is 2.20. The minimum atomic E-state index is -3.38. The third-order valence-corrected chi connectivity index (χ3v) is 7.72. The van der Waals surface area contributed by atoms with Gasteiger partial charge in [-0.3, -0.25) is 4.40 Å². The maximum absolute atomic E-state index is 12.5. The number of halogens is 1. The van der Waals surface area contributed by atoms with Crippen molar-refractivity contribution in [2.45, 2.75) is 43.8 Å². The predicted molar refractivity (Wildman–Crippen MR) is 129 cm³/mol. The Bertz CT molecular complexity index is 1390. The Labute approximate surface area is 193 Å². The van der Waals surface area contributed by atoms with E-state index in [-0.39, 0.29) is 10.8 Å². The molecule has 166 valence electrons. The molecule has 2 heterocycles. The third-order valence-electron chi connectivity index (χ3n) is 5.27. The molecular weight excluding hydrogens is 444 g/mol. The fourth-order valence-electron chi connectivity index (χ4n) is 3.57. The zero-order chi connectivity index (χ0) is 23.0. The van der Waals surface area contributed by atoms with Crippen LogP contribution in [0.1, 0.15) is 39.3 Å².